The Kier molecular flexibility index (Phi) is 5.44. The smallest absolute Gasteiger partial charge is 0.326 e. The molecule has 1 aromatic carbocycles. The number of rotatable bonds is 4. The van der Waals surface area contributed by atoms with E-state index in [1.165, 1.54) is 38.1 Å². The number of hydrogen-bond acceptors (Lipinski definition) is 4. The molecule has 1 aliphatic heterocycles. The summed E-state index contributed by atoms with van der Waals surface area (Å²) in [7, 11) is 1.42. The highest BCUT2D eigenvalue weighted by atomic mass is 35.5. The largest absolute Gasteiger partial charge is 0.468 e. The molecule has 1 aliphatic rings. The fraction of sp³-hybridized carbons (Fsp3) is 0.562. The Bertz CT molecular complexity index is 517. The first-order chi connectivity index (χ1) is 10.0. The summed E-state index contributed by atoms with van der Waals surface area (Å²) in [5.74, 6) is -0.253. The third-order valence-electron chi connectivity index (χ3n) is 4.18. The van der Waals surface area contributed by atoms with Gasteiger partial charge in [-0.1, -0.05) is 17.7 Å². The summed E-state index contributed by atoms with van der Waals surface area (Å²) in [5, 5.41) is 0.707. The first-order valence-corrected chi connectivity index (χ1v) is 8.81. The Labute approximate surface area is 136 Å². The van der Waals surface area contributed by atoms with Crippen molar-refractivity contribution in [2.24, 2.45) is 0 Å². The van der Waals surface area contributed by atoms with Crippen LogP contribution in [0.1, 0.15) is 31.7 Å². The van der Waals surface area contributed by atoms with E-state index in [0.29, 0.717) is 5.02 Å². The van der Waals surface area contributed by atoms with Gasteiger partial charge in [-0.3, -0.25) is 4.79 Å². The molecule has 0 amide bonds. The predicted molar refractivity (Wildman–Crippen MR) is 90.4 cm³/mol. The molecule has 0 aliphatic carbocycles. The molecular formula is C16H22ClNO2S. The molecule has 116 valence electrons. The topological polar surface area (TPSA) is 29.5 Å². The van der Waals surface area contributed by atoms with Crippen LogP contribution in [0.4, 0.5) is 5.69 Å². The number of carbonyl (C=O) groups is 1. The third-order valence-corrected chi connectivity index (χ3v) is 5.70. The molecule has 21 heavy (non-hydrogen) atoms. The predicted octanol–water partition coefficient (Wildman–Crippen LogP) is 4.08. The zero-order valence-electron chi connectivity index (χ0n) is 12.8. The second kappa shape index (κ2) is 6.93. The van der Waals surface area contributed by atoms with Crippen molar-refractivity contribution in [1.29, 1.82) is 0 Å². The number of methoxy groups -OCH3 is 1. The summed E-state index contributed by atoms with van der Waals surface area (Å²) < 4.78 is 4.21. The van der Waals surface area contributed by atoms with E-state index in [1.807, 2.05) is 31.4 Å². The molecule has 1 fully saturated rings. The van der Waals surface area contributed by atoms with Crippen molar-refractivity contribution in [3.63, 3.8) is 0 Å². The highest BCUT2D eigenvalue weighted by Crippen LogP contribution is 2.39. The van der Waals surface area contributed by atoms with Gasteiger partial charge in [0.05, 0.1) is 17.8 Å². The molecule has 1 unspecified atom stereocenters. The highest BCUT2D eigenvalue weighted by molar-refractivity contribution is 8.00. The first kappa shape index (κ1) is 16.5. The summed E-state index contributed by atoms with van der Waals surface area (Å²) in [6, 6.07) is 5.92. The first-order valence-electron chi connectivity index (χ1n) is 7.21. The number of benzene rings is 1. The molecule has 0 saturated carbocycles. The number of thioether (sulfide) groups is 1. The SMILES string of the molecule is COC(=O)C(C)(SC)c1ccc(N2CCCCC2)c(Cl)c1. The fourth-order valence-electron chi connectivity index (χ4n) is 2.71. The van der Waals surface area contributed by atoms with Crippen molar-refractivity contribution in [3.05, 3.63) is 28.8 Å². The molecule has 0 radical (unpaired) electrons. The molecular weight excluding hydrogens is 306 g/mol. The normalized spacial score (nSPS) is 18.2. The number of carbonyl (C=O) groups excluding carboxylic acids is 1. The molecule has 0 N–H and O–H groups in total. The van der Waals surface area contributed by atoms with Gasteiger partial charge < -0.3 is 9.64 Å². The minimum Gasteiger partial charge on any atom is -0.468 e. The molecule has 0 aromatic heterocycles. The molecule has 1 heterocycles. The molecule has 1 saturated heterocycles. The van der Waals surface area contributed by atoms with Crippen LogP contribution in [-0.2, 0) is 14.3 Å². The lowest BCUT2D eigenvalue weighted by atomic mass is 9.99. The monoisotopic (exact) mass is 327 g/mol. The number of hydrogen-bond donors (Lipinski definition) is 0. The lowest BCUT2D eigenvalue weighted by molar-refractivity contribution is -0.143. The van der Waals surface area contributed by atoms with Crippen LogP contribution in [0.3, 0.4) is 0 Å². The van der Waals surface area contributed by atoms with Crippen molar-refractivity contribution in [1.82, 2.24) is 0 Å². The Morgan fingerprint density at radius 1 is 1.33 bits per heavy atom. The average Bonchev–Trinajstić information content (AvgIpc) is 2.54. The number of halogens is 1. The standard InChI is InChI=1S/C16H22ClNO2S/c1-16(21-3,15(19)20-2)12-7-8-14(13(17)11-12)18-9-5-4-6-10-18/h7-8,11H,4-6,9-10H2,1-3H3. The van der Waals surface area contributed by atoms with E-state index >= 15 is 0 Å². The van der Waals surface area contributed by atoms with Gasteiger partial charge in [0.1, 0.15) is 4.75 Å². The molecule has 5 heteroatoms. The number of anilines is 1. The molecule has 3 nitrogen and oxygen atoms in total. The summed E-state index contributed by atoms with van der Waals surface area (Å²) in [4.78, 5) is 14.4. The second-order valence-corrected chi connectivity index (χ2v) is 7.07. The number of nitrogens with zero attached hydrogens (tertiary/aromatic N) is 1. The van der Waals surface area contributed by atoms with Gasteiger partial charge in [0, 0.05) is 13.1 Å². The van der Waals surface area contributed by atoms with E-state index in [4.69, 9.17) is 16.3 Å². The maximum atomic E-state index is 12.1. The van der Waals surface area contributed by atoms with Crippen molar-refractivity contribution < 1.29 is 9.53 Å². The minimum atomic E-state index is -0.723. The molecule has 0 bridgehead atoms. The molecule has 1 aromatic rings. The van der Waals surface area contributed by atoms with Gasteiger partial charge in [0.15, 0.2) is 0 Å². The van der Waals surface area contributed by atoms with Gasteiger partial charge in [-0.05, 0) is 50.1 Å². The second-order valence-electron chi connectivity index (χ2n) is 5.44. The maximum Gasteiger partial charge on any atom is 0.326 e. The Hall–Kier alpha value is -0.870. The maximum absolute atomic E-state index is 12.1. The summed E-state index contributed by atoms with van der Waals surface area (Å²) in [6.07, 6.45) is 5.62. The third kappa shape index (κ3) is 3.32. The lowest BCUT2D eigenvalue weighted by Gasteiger charge is -2.31. The van der Waals surface area contributed by atoms with Crippen molar-refractivity contribution in [2.75, 3.05) is 31.4 Å². The summed E-state index contributed by atoms with van der Waals surface area (Å²) >= 11 is 7.93. The van der Waals surface area contributed by atoms with E-state index in [2.05, 4.69) is 4.90 Å². The van der Waals surface area contributed by atoms with Gasteiger partial charge in [-0.2, -0.15) is 0 Å². The van der Waals surface area contributed by atoms with Gasteiger partial charge >= 0.3 is 5.97 Å². The average molecular weight is 328 g/mol. The van der Waals surface area contributed by atoms with Crippen molar-refractivity contribution in [2.45, 2.75) is 30.9 Å². The van der Waals surface area contributed by atoms with Crippen LogP contribution in [0.15, 0.2) is 18.2 Å². The van der Waals surface area contributed by atoms with E-state index in [1.54, 1.807) is 0 Å². The van der Waals surface area contributed by atoms with Crippen molar-refractivity contribution >= 4 is 35.0 Å². The van der Waals surface area contributed by atoms with E-state index in [-0.39, 0.29) is 5.97 Å². The zero-order valence-corrected chi connectivity index (χ0v) is 14.4. The summed E-state index contributed by atoms with van der Waals surface area (Å²) in [5.41, 5.74) is 1.95. The summed E-state index contributed by atoms with van der Waals surface area (Å²) in [6.45, 7) is 3.97. The molecule has 0 spiro atoms. The zero-order chi connectivity index (χ0) is 15.5. The van der Waals surface area contributed by atoms with Crippen LogP contribution in [0.5, 0.6) is 0 Å². The fourth-order valence-corrected chi connectivity index (χ4v) is 3.62. The highest BCUT2D eigenvalue weighted by Gasteiger charge is 2.36. The molecule has 2 rings (SSSR count). The van der Waals surface area contributed by atoms with Gasteiger partial charge in [0.25, 0.3) is 0 Å². The Balaban J connectivity index is 2.31. The number of piperidine rings is 1. The number of esters is 1. The Morgan fingerprint density at radius 3 is 2.52 bits per heavy atom. The van der Waals surface area contributed by atoms with Crippen LogP contribution < -0.4 is 4.90 Å². The molecule has 1 atom stereocenters. The van der Waals surface area contributed by atoms with Crippen LogP contribution >= 0.6 is 23.4 Å². The van der Waals surface area contributed by atoms with E-state index in [0.717, 1.165) is 24.3 Å². The van der Waals surface area contributed by atoms with E-state index in [9.17, 15) is 4.79 Å². The van der Waals surface area contributed by atoms with Crippen LogP contribution in [-0.4, -0.2) is 32.4 Å². The van der Waals surface area contributed by atoms with Crippen molar-refractivity contribution in [3.8, 4) is 0 Å². The van der Waals surface area contributed by atoms with Gasteiger partial charge in [-0.25, -0.2) is 0 Å². The lowest BCUT2D eigenvalue weighted by Crippen LogP contribution is -2.31. The van der Waals surface area contributed by atoms with Gasteiger partial charge in [0.2, 0.25) is 0 Å². The Morgan fingerprint density at radius 2 is 2.00 bits per heavy atom. The quantitative estimate of drug-likeness (QED) is 0.779. The van der Waals surface area contributed by atoms with E-state index < -0.39 is 4.75 Å². The number of ether oxygens (including phenoxy) is 1. The van der Waals surface area contributed by atoms with Gasteiger partial charge in [-0.15, -0.1) is 11.8 Å². The minimum absolute atomic E-state index is 0.253. The van der Waals surface area contributed by atoms with Crippen LogP contribution in [0.25, 0.3) is 0 Å². The van der Waals surface area contributed by atoms with Crippen LogP contribution in [0.2, 0.25) is 5.02 Å². The van der Waals surface area contributed by atoms with Crippen LogP contribution in [0, 0.1) is 0 Å².